The monoisotopic (exact) mass is 412 g/mol. The van der Waals surface area contributed by atoms with Crippen LogP contribution in [-0.2, 0) is 33.7 Å². The minimum atomic E-state index is -5.34. The Hall–Kier alpha value is -3.28. The van der Waals surface area contributed by atoms with Crippen LogP contribution in [-0.4, -0.2) is 50.0 Å². The first-order valence-corrected chi connectivity index (χ1v) is 8.44. The van der Waals surface area contributed by atoms with E-state index in [-0.39, 0.29) is 25.1 Å². The van der Waals surface area contributed by atoms with Crippen LogP contribution in [0, 0.1) is 0 Å². The Morgan fingerprint density at radius 3 is 2.69 bits per heavy atom. The second-order valence-electron chi connectivity index (χ2n) is 6.34. The number of carboxylic acid groups (broad SMARTS) is 1. The summed E-state index contributed by atoms with van der Waals surface area (Å²) in [5.41, 5.74) is 7.24. The molecule has 0 radical (unpaired) electrons. The molecule has 2 aromatic rings. The molecule has 12 heteroatoms. The van der Waals surface area contributed by atoms with E-state index in [1.165, 1.54) is 6.20 Å². The Morgan fingerprint density at radius 2 is 2.03 bits per heavy atom. The SMILES string of the molecule is NC(CCn1nc2c(c1C(=O)OC(=O)C(F)(F)F)CCc1cnccc1-2)C(=O)O. The lowest BCUT2D eigenvalue weighted by Gasteiger charge is -2.15. The summed E-state index contributed by atoms with van der Waals surface area (Å²) >= 11 is 0. The summed E-state index contributed by atoms with van der Waals surface area (Å²) in [5, 5.41) is 13.2. The van der Waals surface area contributed by atoms with Gasteiger partial charge in [0, 0.05) is 30.1 Å². The van der Waals surface area contributed by atoms with Gasteiger partial charge in [0.2, 0.25) is 0 Å². The van der Waals surface area contributed by atoms with Crippen LogP contribution in [0.5, 0.6) is 0 Å². The third-order valence-electron chi connectivity index (χ3n) is 4.43. The molecule has 1 aliphatic carbocycles. The highest BCUT2D eigenvalue weighted by Crippen LogP contribution is 2.34. The number of carbonyl (C=O) groups excluding carboxylic acids is 2. The van der Waals surface area contributed by atoms with E-state index in [2.05, 4.69) is 14.8 Å². The van der Waals surface area contributed by atoms with Crippen LogP contribution in [0.25, 0.3) is 11.3 Å². The second kappa shape index (κ2) is 7.62. The summed E-state index contributed by atoms with van der Waals surface area (Å²) in [6.07, 6.45) is -1.67. The molecule has 3 N–H and O–H groups in total. The minimum absolute atomic E-state index is 0.146. The Balaban J connectivity index is 2.01. The van der Waals surface area contributed by atoms with E-state index in [0.717, 1.165) is 10.2 Å². The summed E-state index contributed by atoms with van der Waals surface area (Å²) in [6, 6.07) is 0.372. The predicted molar refractivity (Wildman–Crippen MR) is 89.6 cm³/mol. The van der Waals surface area contributed by atoms with Crippen molar-refractivity contribution in [3.63, 3.8) is 0 Å². The molecule has 154 valence electrons. The van der Waals surface area contributed by atoms with Crippen molar-refractivity contribution in [3.8, 4) is 11.3 Å². The molecule has 1 atom stereocenters. The van der Waals surface area contributed by atoms with Gasteiger partial charge < -0.3 is 15.6 Å². The Kier molecular flexibility index (Phi) is 5.38. The van der Waals surface area contributed by atoms with Crippen molar-refractivity contribution in [1.82, 2.24) is 14.8 Å². The van der Waals surface area contributed by atoms with Gasteiger partial charge in [0.05, 0.1) is 5.69 Å². The molecule has 0 fully saturated rings. The first-order chi connectivity index (χ1) is 13.6. The normalized spacial score (nSPS) is 13.9. The van der Waals surface area contributed by atoms with Crippen LogP contribution in [0.1, 0.15) is 28.0 Å². The number of ether oxygens (including phenoxy) is 1. The molecule has 0 bridgehead atoms. The maximum atomic E-state index is 12.5. The lowest BCUT2D eigenvalue weighted by atomic mass is 9.90. The van der Waals surface area contributed by atoms with E-state index in [4.69, 9.17) is 10.8 Å². The van der Waals surface area contributed by atoms with Crippen molar-refractivity contribution in [3.05, 3.63) is 35.3 Å². The van der Waals surface area contributed by atoms with Crippen molar-refractivity contribution in [2.45, 2.75) is 38.0 Å². The van der Waals surface area contributed by atoms with Gasteiger partial charge in [0.25, 0.3) is 0 Å². The highest BCUT2D eigenvalue weighted by Gasteiger charge is 2.43. The number of fused-ring (bicyclic) bond motifs is 3. The summed E-state index contributed by atoms with van der Waals surface area (Å²) < 4.78 is 42.5. The van der Waals surface area contributed by atoms with Gasteiger partial charge in [-0.15, -0.1) is 0 Å². The standard InChI is InChI=1S/C17H15F3N4O5/c18-17(19,20)16(28)29-15(27)13-10-2-1-8-7-22-5-3-9(8)12(10)23-24(13)6-4-11(21)14(25)26/h3,5,7,11H,1-2,4,6,21H2,(H,25,26). The van der Waals surface area contributed by atoms with Crippen molar-refractivity contribution < 1.29 is 37.4 Å². The molecular weight excluding hydrogens is 397 g/mol. The van der Waals surface area contributed by atoms with Gasteiger partial charge in [-0.05, 0) is 30.9 Å². The summed E-state index contributed by atoms with van der Waals surface area (Å²) in [6.45, 7) is -0.175. The number of hydrogen-bond acceptors (Lipinski definition) is 7. The number of rotatable bonds is 5. The van der Waals surface area contributed by atoms with Gasteiger partial charge >= 0.3 is 24.1 Å². The number of esters is 2. The lowest BCUT2D eigenvalue weighted by molar-refractivity contribution is -0.193. The quantitative estimate of drug-likeness (QED) is 0.550. The van der Waals surface area contributed by atoms with Gasteiger partial charge in [-0.25, -0.2) is 9.59 Å². The summed E-state index contributed by atoms with van der Waals surface area (Å²) in [4.78, 5) is 38.4. The van der Waals surface area contributed by atoms with Crippen LogP contribution in [0.3, 0.4) is 0 Å². The van der Waals surface area contributed by atoms with E-state index in [9.17, 15) is 27.6 Å². The molecule has 9 nitrogen and oxygen atoms in total. The van der Waals surface area contributed by atoms with Crippen LogP contribution >= 0.6 is 0 Å². The Morgan fingerprint density at radius 1 is 1.31 bits per heavy atom. The summed E-state index contributed by atoms with van der Waals surface area (Å²) in [7, 11) is 0. The first-order valence-electron chi connectivity index (χ1n) is 8.44. The average molecular weight is 412 g/mol. The molecule has 2 aromatic heterocycles. The van der Waals surface area contributed by atoms with Crippen LogP contribution < -0.4 is 5.73 Å². The number of nitrogens with two attached hydrogens (primary N) is 1. The number of carbonyl (C=O) groups is 3. The molecule has 0 amide bonds. The maximum Gasteiger partial charge on any atom is 0.491 e. The lowest BCUT2D eigenvalue weighted by Crippen LogP contribution is -2.32. The number of pyridine rings is 1. The van der Waals surface area contributed by atoms with Crippen LogP contribution in [0.15, 0.2) is 18.5 Å². The number of aryl methyl sites for hydroxylation is 2. The van der Waals surface area contributed by atoms with E-state index < -0.39 is 30.1 Å². The van der Waals surface area contributed by atoms with E-state index in [1.54, 1.807) is 12.3 Å². The number of carboxylic acids is 1. The van der Waals surface area contributed by atoms with Gasteiger partial charge in [0.15, 0.2) is 5.69 Å². The third-order valence-corrected chi connectivity index (χ3v) is 4.43. The van der Waals surface area contributed by atoms with Crippen LogP contribution in [0.4, 0.5) is 13.2 Å². The molecule has 29 heavy (non-hydrogen) atoms. The van der Waals surface area contributed by atoms with Crippen molar-refractivity contribution in [2.75, 3.05) is 0 Å². The smallest absolute Gasteiger partial charge is 0.480 e. The number of halogens is 3. The maximum absolute atomic E-state index is 12.5. The molecule has 0 aromatic carbocycles. The van der Waals surface area contributed by atoms with Gasteiger partial charge in [-0.3, -0.25) is 14.5 Å². The molecule has 1 unspecified atom stereocenters. The highest BCUT2D eigenvalue weighted by atomic mass is 19.4. The van der Waals surface area contributed by atoms with Crippen molar-refractivity contribution in [1.29, 1.82) is 0 Å². The minimum Gasteiger partial charge on any atom is -0.480 e. The van der Waals surface area contributed by atoms with Crippen molar-refractivity contribution >= 4 is 17.9 Å². The van der Waals surface area contributed by atoms with E-state index in [0.29, 0.717) is 23.2 Å². The largest absolute Gasteiger partial charge is 0.491 e. The fraction of sp³-hybridized carbons (Fsp3) is 0.353. The van der Waals surface area contributed by atoms with E-state index >= 15 is 0 Å². The number of aliphatic carboxylic acids is 1. The fourth-order valence-corrected chi connectivity index (χ4v) is 3.03. The predicted octanol–water partition coefficient (Wildman–Crippen LogP) is 1.09. The Bertz CT molecular complexity index is 986. The number of nitrogens with zero attached hydrogens (tertiary/aromatic N) is 3. The fourth-order valence-electron chi connectivity index (χ4n) is 3.03. The second-order valence-corrected chi connectivity index (χ2v) is 6.34. The topological polar surface area (TPSA) is 137 Å². The number of hydrogen-bond donors (Lipinski definition) is 2. The molecule has 0 spiro atoms. The molecular formula is C17H15F3N4O5. The van der Waals surface area contributed by atoms with Gasteiger partial charge in [-0.2, -0.15) is 18.3 Å². The number of aromatic nitrogens is 3. The Labute approximate surface area is 161 Å². The molecule has 0 aliphatic heterocycles. The van der Waals surface area contributed by atoms with Gasteiger partial charge in [0.1, 0.15) is 6.04 Å². The van der Waals surface area contributed by atoms with E-state index in [1.807, 2.05) is 0 Å². The van der Waals surface area contributed by atoms with Gasteiger partial charge in [-0.1, -0.05) is 0 Å². The zero-order valence-electron chi connectivity index (χ0n) is 14.8. The number of alkyl halides is 3. The third kappa shape index (κ3) is 4.11. The molecule has 1 aliphatic rings. The average Bonchev–Trinajstić information content (AvgIpc) is 3.04. The zero-order valence-corrected chi connectivity index (χ0v) is 14.8. The molecule has 2 heterocycles. The first kappa shape index (κ1) is 20.5. The van der Waals surface area contributed by atoms with Crippen molar-refractivity contribution in [2.24, 2.45) is 5.73 Å². The zero-order chi connectivity index (χ0) is 21.3. The van der Waals surface area contributed by atoms with Crippen LogP contribution in [0.2, 0.25) is 0 Å². The highest BCUT2D eigenvalue weighted by molar-refractivity contribution is 5.99. The molecule has 0 saturated carbocycles. The summed E-state index contributed by atoms with van der Waals surface area (Å²) in [5.74, 6) is -5.44. The molecule has 3 rings (SSSR count). The molecule has 0 saturated heterocycles.